The maximum Gasteiger partial charge on any atom is 0.238 e. The molecule has 0 bridgehead atoms. The molecule has 2 aromatic carbocycles. The lowest BCUT2D eigenvalue weighted by molar-refractivity contribution is -0.117. The van der Waals surface area contributed by atoms with Crippen molar-refractivity contribution < 1.29 is 19.1 Å². The normalized spacial score (nSPS) is 15.6. The van der Waals surface area contributed by atoms with Gasteiger partial charge in [-0.3, -0.25) is 14.5 Å². The van der Waals surface area contributed by atoms with E-state index in [9.17, 15) is 9.59 Å². The molecule has 6 nitrogen and oxygen atoms in total. The van der Waals surface area contributed by atoms with Gasteiger partial charge in [-0.2, -0.15) is 0 Å². The highest BCUT2D eigenvalue weighted by atomic mass is 16.6. The summed E-state index contributed by atoms with van der Waals surface area (Å²) in [4.78, 5) is 25.5. The highest BCUT2D eigenvalue weighted by Gasteiger charge is 2.22. The van der Waals surface area contributed by atoms with Crippen molar-refractivity contribution in [3.63, 3.8) is 0 Å². The zero-order valence-corrected chi connectivity index (χ0v) is 14.9. The number of carbonyl (C=O) groups is 2. The number of rotatable bonds is 6. The number of ether oxygens (including phenoxy) is 2. The molecule has 26 heavy (non-hydrogen) atoms. The van der Waals surface area contributed by atoms with E-state index in [0.717, 1.165) is 11.5 Å². The van der Waals surface area contributed by atoms with Crippen LogP contribution in [0.15, 0.2) is 48.5 Å². The first kappa shape index (κ1) is 17.9. The van der Waals surface area contributed by atoms with E-state index < -0.39 is 0 Å². The zero-order valence-electron chi connectivity index (χ0n) is 14.9. The molecule has 0 saturated carbocycles. The Balaban J connectivity index is 1.50. The van der Waals surface area contributed by atoms with Gasteiger partial charge in [-0.15, -0.1) is 0 Å². The maximum absolute atomic E-state index is 12.2. The number of benzene rings is 2. The van der Waals surface area contributed by atoms with Gasteiger partial charge in [0.2, 0.25) is 5.91 Å². The van der Waals surface area contributed by atoms with Crippen LogP contribution >= 0.6 is 0 Å². The van der Waals surface area contributed by atoms with Gasteiger partial charge < -0.3 is 14.8 Å². The van der Waals surface area contributed by atoms with Crippen molar-refractivity contribution in [1.29, 1.82) is 0 Å². The molecule has 0 saturated heterocycles. The highest BCUT2D eigenvalue weighted by molar-refractivity contribution is 5.97. The van der Waals surface area contributed by atoms with E-state index in [4.69, 9.17) is 9.47 Å². The molecule has 2 aromatic rings. The first-order chi connectivity index (χ1) is 12.5. The van der Waals surface area contributed by atoms with Crippen molar-refractivity contribution in [1.82, 2.24) is 4.90 Å². The lowest BCUT2D eigenvalue weighted by Gasteiger charge is -2.29. The first-order valence-corrected chi connectivity index (χ1v) is 8.49. The summed E-state index contributed by atoms with van der Waals surface area (Å²) in [5.74, 6) is 1.29. The lowest BCUT2D eigenvalue weighted by atomic mass is 10.1. The molecule has 1 aliphatic heterocycles. The molecule has 6 heteroatoms. The molecule has 1 aliphatic rings. The van der Waals surface area contributed by atoms with E-state index in [1.54, 1.807) is 24.3 Å². The van der Waals surface area contributed by atoms with Gasteiger partial charge in [0.1, 0.15) is 12.7 Å². The summed E-state index contributed by atoms with van der Waals surface area (Å²) in [6.07, 6.45) is -0.135. The number of hydrogen-bond acceptors (Lipinski definition) is 5. The number of amides is 1. The minimum Gasteiger partial charge on any atom is -0.486 e. The van der Waals surface area contributed by atoms with Crippen LogP contribution in [0.1, 0.15) is 17.3 Å². The monoisotopic (exact) mass is 354 g/mol. The second kappa shape index (κ2) is 8.01. The summed E-state index contributed by atoms with van der Waals surface area (Å²) in [5.41, 5.74) is 1.19. The number of likely N-dealkylation sites (N-methyl/N-ethyl adjacent to an activating group) is 1. The summed E-state index contributed by atoms with van der Waals surface area (Å²) in [5, 5.41) is 2.82. The molecule has 1 N–H and O–H groups in total. The highest BCUT2D eigenvalue weighted by Crippen LogP contribution is 2.30. The molecule has 3 rings (SSSR count). The van der Waals surface area contributed by atoms with Crippen LogP contribution in [0.2, 0.25) is 0 Å². The van der Waals surface area contributed by atoms with Crippen LogP contribution < -0.4 is 14.8 Å². The predicted octanol–water partition coefficient (Wildman–Crippen LogP) is 2.60. The smallest absolute Gasteiger partial charge is 0.238 e. The number of nitrogens with one attached hydrogen (secondary N) is 1. The number of nitrogens with zero attached hydrogens (tertiary/aromatic N) is 1. The van der Waals surface area contributed by atoms with Gasteiger partial charge in [-0.1, -0.05) is 24.3 Å². The largest absolute Gasteiger partial charge is 0.486 e. The number of carbonyl (C=O) groups excluding carboxylic acids is 2. The second-order valence-corrected chi connectivity index (χ2v) is 6.38. The Morgan fingerprint density at radius 2 is 1.92 bits per heavy atom. The topological polar surface area (TPSA) is 67.9 Å². The van der Waals surface area contributed by atoms with Crippen LogP contribution in [0.25, 0.3) is 0 Å². The van der Waals surface area contributed by atoms with Gasteiger partial charge >= 0.3 is 0 Å². The molecular formula is C20H22N2O4. The standard InChI is InChI=1S/C20H22N2O4/c1-14(23)15-6-5-7-16(10-15)21-20(24)12-22(2)11-17-13-25-18-8-3-4-9-19(18)26-17/h3-10,17H,11-13H2,1-2H3,(H,21,24). The maximum atomic E-state index is 12.2. The fourth-order valence-corrected chi connectivity index (χ4v) is 2.83. The van der Waals surface area contributed by atoms with E-state index in [0.29, 0.717) is 24.4 Å². The van der Waals surface area contributed by atoms with Gasteiger partial charge in [0.15, 0.2) is 17.3 Å². The van der Waals surface area contributed by atoms with Crippen LogP contribution in [0.3, 0.4) is 0 Å². The fourth-order valence-electron chi connectivity index (χ4n) is 2.83. The van der Waals surface area contributed by atoms with Crippen molar-refractivity contribution >= 4 is 17.4 Å². The van der Waals surface area contributed by atoms with Crippen molar-refractivity contribution in [2.75, 3.05) is 32.1 Å². The summed E-state index contributed by atoms with van der Waals surface area (Å²) in [6.45, 7) is 2.73. The van der Waals surface area contributed by atoms with E-state index >= 15 is 0 Å². The van der Waals surface area contributed by atoms with Gasteiger partial charge in [0.25, 0.3) is 0 Å². The molecule has 0 spiro atoms. The Kier molecular flexibility index (Phi) is 5.53. The van der Waals surface area contributed by atoms with Crippen molar-refractivity contribution in [3.05, 3.63) is 54.1 Å². The Morgan fingerprint density at radius 3 is 2.69 bits per heavy atom. The van der Waals surface area contributed by atoms with Gasteiger partial charge in [0.05, 0.1) is 6.54 Å². The number of fused-ring (bicyclic) bond motifs is 1. The number of para-hydroxylation sites is 2. The summed E-state index contributed by atoms with van der Waals surface area (Å²) in [6, 6.07) is 14.5. The Morgan fingerprint density at radius 1 is 1.15 bits per heavy atom. The van der Waals surface area contributed by atoms with Gasteiger partial charge in [-0.05, 0) is 38.2 Å². The third-order valence-electron chi connectivity index (χ3n) is 4.05. The lowest BCUT2D eigenvalue weighted by Crippen LogP contribution is -2.42. The number of Topliss-reactive ketones (excluding diaryl/α,β-unsaturated/α-hetero) is 1. The summed E-state index contributed by atoms with van der Waals surface area (Å²) in [7, 11) is 1.86. The van der Waals surface area contributed by atoms with Crippen LogP contribution in [-0.4, -0.2) is 49.4 Å². The van der Waals surface area contributed by atoms with Crippen molar-refractivity contribution in [2.45, 2.75) is 13.0 Å². The van der Waals surface area contributed by atoms with Crippen LogP contribution in [0, 0.1) is 0 Å². The minimum atomic E-state index is -0.148. The van der Waals surface area contributed by atoms with E-state index in [1.807, 2.05) is 36.2 Å². The molecule has 1 amide bonds. The number of ketones is 1. The molecule has 0 radical (unpaired) electrons. The predicted molar refractivity (Wildman–Crippen MR) is 98.9 cm³/mol. The van der Waals surface area contributed by atoms with E-state index in [2.05, 4.69) is 5.32 Å². The fraction of sp³-hybridized carbons (Fsp3) is 0.300. The Hall–Kier alpha value is -2.86. The minimum absolute atomic E-state index is 0.0343. The summed E-state index contributed by atoms with van der Waals surface area (Å²) < 4.78 is 11.6. The molecule has 1 atom stereocenters. The van der Waals surface area contributed by atoms with E-state index in [-0.39, 0.29) is 24.3 Å². The number of hydrogen-bond donors (Lipinski definition) is 1. The molecule has 0 fully saturated rings. The molecule has 1 heterocycles. The van der Waals surface area contributed by atoms with E-state index in [1.165, 1.54) is 6.92 Å². The molecule has 136 valence electrons. The molecule has 0 aliphatic carbocycles. The van der Waals surface area contributed by atoms with Crippen LogP contribution in [-0.2, 0) is 4.79 Å². The van der Waals surface area contributed by atoms with Gasteiger partial charge in [-0.25, -0.2) is 0 Å². The Labute approximate surface area is 152 Å². The summed E-state index contributed by atoms with van der Waals surface area (Å²) >= 11 is 0. The van der Waals surface area contributed by atoms with Gasteiger partial charge in [0, 0.05) is 17.8 Å². The average Bonchev–Trinajstić information content (AvgIpc) is 2.61. The zero-order chi connectivity index (χ0) is 18.5. The third-order valence-corrected chi connectivity index (χ3v) is 4.05. The second-order valence-electron chi connectivity index (χ2n) is 6.38. The SMILES string of the molecule is CC(=O)c1cccc(NC(=O)CN(C)CC2COc3ccccc3O2)c1. The third kappa shape index (κ3) is 4.61. The Bertz CT molecular complexity index is 806. The average molecular weight is 354 g/mol. The van der Waals surface area contributed by atoms with Crippen LogP contribution in [0.4, 0.5) is 5.69 Å². The quantitative estimate of drug-likeness (QED) is 0.808. The molecule has 1 unspecified atom stereocenters. The van der Waals surface area contributed by atoms with Crippen molar-refractivity contribution in [3.8, 4) is 11.5 Å². The first-order valence-electron chi connectivity index (χ1n) is 8.49. The van der Waals surface area contributed by atoms with Crippen molar-refractivity contribution in [2.24, 2.45) is 0 Å². The van der Waals surface area contributed by atoms with Crippen LogP contribution in [0.5, 0.6) is 11.5 Å². The molecular weight excluding hydrogens is 332 g/mol. The number of anilines is 1. The molecule has 0 aromatic heterocycles.